The molecule has 2 fully saturated rings. The van der Waals surface area contributed by atoms with Gasteiger partial charge in [0.25, 0.3) is 0 Å². The Kier molecular flexibility index (Phi) is 5.68. The van der Waals surface area contributed by atoms with Crippen molar-refractivity contribution in [2.24, 2.45) is 28.1 Å². The highest BCUT2D eigenvalue weighted by molar-refractivity contribution is 4.90. The van der Waals surface area contributed by atoms with Crippen LogP contribution in [0, 0.1) is 28.1 Å². The Balaban J connectivity index is 1.80. The van der Waals surface area contributed by atoms with Crippen molar-refractivity contribution >= 4 is 0 Å². The molecular weight excluding hydrogens is 268 g/mol. The molecule has 0 saturated heterocycles. The van der Waals surface area contributed by atoms with Gasteiger partial charge in [-0.05, 0) is 73.0 Å². The van der Waals surface area contributed by atoms with Crippen LogP contribution in [-0.2, 0) is 4.74 Å². The number of rotatable bonds is 5. The summed E-state index contributed by atoms with van der Waals surface area (Å²) in [5.74, 6) is 1.82. The third-order valence-electron chi connectivity index (χ3n) is 6.44. The van der Waals surface area contributed by atoms with Gasteiger partial charge in [0, 0.05) is 0 Å². The van der Waals surface area contributed by atoms with E-state index >= 15 is 0 Å². The van der Waals surface area contributed by atoms with Crippen LogP contribution in [0.25, 0.3) is 0 Å². The molecular formula is C21H40O. The largest absolute Gasteiger partial charge is 0.380 e. The Bertz CT molecular complexity index is 351. The number of hydrogen-bond acceptors (Lipinski definition) is 1. The normalized spacial score (nSPS) is 42.3. The summed E-state index contributed by atoms with van der Waals surface area (Å²) in [4.78, 5) is 0. The summed E-state index contributed by atoms with van der Waals surface area (Å²) in [5.41, 5.74) is 1.31. The quantitative estimate of drug-likeness (QED) is 0.566. The van der Waals surface area contributed by atoms with Gasteiger partial charge in [0.15, 0.2) is 0 Å². The Morgan fingerprint density at radius 3 is 2.05 bits per heavy atom. The van der Waals surface area contributed by atoms with Gasteiger partial charge in [-0.3, -0.25) is 0 Å². The second-order valence-electron chi connectivity index (χ2n) is 10.3. The topological polar surface area (TPSA) is 9.23 Å². The second-order valence-corrected chi connectivity index (χ2v) is 10.3. The fourth-order valence-corrected chi connectivity index (χ4v) is 5.74. The van der Waals surface area contributed by atoms with E-state index < -0.39 is 0 Å². The van der Waals surface area contributed by atoms with Crippen LogP contribution in [0.15, 0.2) is 0 Å². The van der Waals surface area contributed by atoms with Crippen molar-refractivity contribution < 1.29 is 4.74 Å². The summed E-state index contributed by atoms with van der Waals surface area (Å²) < 4.78 is 6.33. The third kappa shape index (κ3) is 4.98. The van der Waals surface area contributed by atoms with Gasteiger partial charge in [-0.15, -0.1) is 0 Å². The first-order valence-corrected chi connectivity index (χ1v) is 9.73. The molecule has 1 heteroatoms. The highest BCUT2D eigenvalue weighted by atomic mass is 16.5. The van der Waals surface area contributed by atoms with Gasteiger partial charge in [-0.25, -0.2) is 0 Å². The first-order chi connectivity index (χ1) is 10.2. The fourth-order valence-electron chi connectivity index (χ4n) is 5.74. The van der Waals surface area contributed by atoms with E-state index in [1.54, 1.807) is 0 Å². The van der Waals surface area contributed by atoms with Crippen molar-refractivity contribution in [3.05, 3.63) is 0 Å². The lowest BCUT2D eigenvalue weighted by atomic mass is 9.61. The average molecular weight is 309 g/mol. The Morgan fingerprint density at radius 2 is 1.50 bits per heavy atom. The van der Waals surface area contributed by atoms with Crippen molar-refractivity contribution in [2.75, 3.05) is 13.2 Å². The van der Waals surface area contributed by atoms with Crippen LogP contribution in [0.3, 0.4) is 0 Å². The SMILES string of the molecule is CCC1CCC(C)(COCC2(C)CC(C)CC(C)(C)C2)CC1. The molecule has 2 aliphatic rings. The van der Waals surface area contributed by atoms with Gasteiger partial charge < -0.3 is 4.74 Å². The van der Waals surface area contributed by atoms with Crippen molar-refractivity contribution in [3.63, 3.8) is 0 Å². The predicted octanol–water partition coefficient (Wildman–Crippen LogP) is 6.46. The fraction of sp³-hybridized carbons (Fsp3) is 1.00. The van der Waals surface area contributed by atoms with Gasteiger partial charge in [0.2, 0.25) is 0 Å². The van der Waals surface area contributed by atoms with Crippen LogP contribution in [0.4, 0.5) is 0 Å². The van der Waals surface area contributed by atoms with Crippen LogP contribution in [0.2, 0.25) is 0 Å². The van der Waals surface area contributed by atoms with Crippen LogP contribution in [-0.4, -0.2) is 13.2 Å². The molecule has 2 aliphatic carbocycles. The Hall–Kier alpha value is -0.0400. The van der Waals surface area contributed by atoms with E-state index in [0.717, 1.165) is 25.0 Å². The highest BCUT2D eigenvalue weighted by Gasteiger charge is 2.40. The molecule has 0 bridgehead atoms. The van der Waals surface area contributed by atoms with E-state index in [1.807, 2.05) is 0 Å². The first-order valence-electron chi connectivity index (χ1n) is 9.73. The molecule has 2 saturated carbocycles. The molecule has 0 aromatic heterocycles. The Labute approximate surface area is 139 Å². The molecule has 130 valence electrons. The maximum Gasteiger partial charge on any atom is 0.0520 e. The van der Waals surface area contributed by atoms with E-state index in [1.165, 1.54) is 51.4 Å². The van der Waals surface area contributed by atoms with Gasteiger partial charge in [0.05, 0.1) is 13.2 Å². The van der Waals surface area contributed by atoms with E-state index in [9.17, 15) is 0 Å². The minimum absolute atomic E-state index is 0.387. The number of hydrogen-bond donors (Lipinski definition) is 0. The summed E-state index contributed by atoms with van der Waals surface area (Å²) in [6.45, 7) is 16.5. The Morgan fingerprint density at radius 1 is 0.909 bits per heavy atom. The summed E-state index contributed by atoms with van der Waals surface area (Å²) in [6, 6.07) is 0. The monoisotopic (exact) mass is 308 g/mol. The van der Waals surface area contributed by atoms with Crippen molar-refractivity contribution in [3.8, 4) is 0 Å². The average Bonchev–Trinajstić information content (AvgIpc) is 2.36. The molecule has 0 spiro atoms. The van der Waals surface area contributed by atoms with Gasteiger partial charge in [-0.2, -0.15) is 0 Å². The molecule has 1 nitrogen and oxygen atoms in total. The smallest absolute Gasteiger partial charge is 0.0520 e. The predicted molar refractivity (Wildman–Crippen MR) is 96.1 cm³/mol. The van der Waals surface area contributed by atoms with E-state index in [2.05, 4.69) is 41.5 Å². The molecule has 0 heterocycles. The third-order valence-corrected chi connectivity index (χ3v) is 6.44. The van der Waals surface area contributed by atoms with Gasteiger partial charge in [-0.1, -0.05) is 48.0 Å². The molecule has 22 heavy (non-hydrogen) atoms. The second kappa shape index (κ2) is 6.83. The maximum atomic E-state index is 6.33. The summed E-state index contributed by atoms with van der Waals surface area (Å²) in [7, 11) is 0. The summed E-state index contributed by atoms with van der Waals surface area (Å²) in [6.07, 6.45) is 11.0. The molecule has 0 N–H and O–H groups in total. The molecule has 2 atom stereocenters. The van der Waals surface area contributed by atoms with E-state index in [-0.39, 0.29) is 0 Å². The zero-order valence-electron chi connectivity index (χ0n) is 16.1. The minimum Gasteiger partial charge on any atom is -0.380 e. The van der Waals surface area contributed by atoms with Crippen LogP contribution >= 0.6 is 0 Å². The van der Waals surface area contributed by atoms with Gasteiger partial charge >= 0.3 is 0 Å². The highest BCUT2D eigenvalue weighted by Crippen LogP contribution is 2.49. The van der Waals surface area contributed by atoms with Gasteiger partial charge in [0.1, 0.15) is 0 Å². The van der Waals surface area contributed by atoms with Crippen molar-refractivity contribution in [2.45, 2.75) is 92.9 Å². The minimum atomic E-state index is 0.387. The zero-order valence-corrected chi connectivity index (χ0v) is 16.1. The lowest BCUT2D eigenvalue weighted by molar-refractivity contribution is -0.0524. The van der Waals surface area contributed by atoms with E-state index in [0.29, 0.717) is 16.2 Å². The zero-order chi connectivity index (χ0) is 16.4. The molecule has 0 aromatic carbocycles. The lowest BCUT2D eigenvalue weighted by Crippen LogP contribution is -2.39. The molecule has 0 amide bonds. The first kappa shape index (κ1) is 18.3. The molecule has 0 aromatic rings. The molecule has 2 rings (SSSR count). The maximum absolute atomic E-state index is 6.33. The number of ether oxygens (including phenoxy) is 1. The standard InChI is InChI=1S/C21H40O/c1-7-18-8-10-20(5,11-9-18)15-22-16-21(6)13-17(2)12-19(3,4)14-21/h17-18H,7-16H2,1-6H3. The molecule has 0 radical (unpaired) electrons. The van der Waals surface area contributed by atoms with Crippen molar-refractivity contribution in [1.29, 1.82) is 0 Å². The van der Waals surface area contributed by atoms with Crippen LogP contribution in [0.5, 0.6) is 0 Å². The lowest BCUT2D eigenvalue weighted by Gasteiger charge is -2.46. The summed E-state index contributed by atoms with van der Waals surface area (Å²) in [5, 5.41) is 0. The van der Waals surface area contributed by atoms with Crippen LogP contribution in [0.1, 0.15) is 92.9 Å². The molecule has 2 unspecified atom stereocenters. The van der Waals surface area contributed by atoms with E-state index in [4.69, 9.17) is 4.74 Å². The van der Waals surface area contributed by atoms with Crippen LogP contribution < -0.4 is 0 Å². The van der Waals surface area contributed by atoms with Crippen molar-refractivity contribution in [1.82, 2.24) is 0 Å². The molecule has 0 aliphatic heterocycles. The summed E-state index contributed by atoms with van der Waals surface area (Å²) >= 11 is 0.